The van der Waals surface area contributed by atoms with Crippen molar-refractivity contribution >= 4 is 11.7 Å². The molecule has 7 heteroatoms. The zero-order valence-corrected chi connectivity index (χ0v) is 13.9. The number of nitrogens with zero attached hydrogens (tertiary/aromatic N) is 4. The van der Waals surface area contributed by atoms with Crippen LogP contribution in [0.3, 0.4) is 0 Å². The summed E-state index contributed by atoms with van der Waals surface area (Å²) in [5.41, 5.74) is 2.46. The molecule has 7 nitrogen and oxygen atoms in total. The van der Waals surface area contributed by atoms with E-state index in [9.17, 15) is 4.79 Å². The molecule has 1 fully saturated rings. The van der Waals surface area contributed by atoms with Crippen molar-refractivity contribution in [3.05, 3.63) is 36.5 Å². The molecule has 128 valence electrons. The van der Waals surface area contributed by atoms with Crippen LogP contribution in [-0.4, -0.2) is 70.0 Å². The summed E-state index contributed by atoms with van der Waals surface area (Å²) in [4.78, 5) is 16.5. The first-order valence-electron chi connectivity index (χ1n) is 8.15. The van der Waals surface area contributed by atoms with Gasteiger partial charge < -0.3 is 15.3 Å². The molecule has 1 aliphatic rings. The molecule has 0 radical (unpaired) electrons. The molecular weight excluding hydrogens is 306 g/mol. The van der Waals surface area contributed by atoms with Crippen LogP contribution in [0.4, 0.5) is 10.5 Å². The SMILES string of the molecule is Cn1cc(NC(=O)N2CCN(CCO)CC2)c(-c2ccccc2)n1. The van der Waals surface area contributed by atoms with Gasteiger partial charge in [0.25, 0.3) is 0 Å². The van der Waals surface area contributed by atoms with Crippen LogP contribution in [-0.2, 0) is 7.05 Å². The van der Waals surface area contributed by atoms with Gasteiger partial charge in [0.15, 0.2) is 0 Å². The molecule has 2 N–H and O–H groups in total. The van der Waals surface area contributed by atoms with E-state index < -0.39 is 0 Å². The van der Waals surface area contributed by atoms with E-state index in [1.807, 2.05) is 43.6 Å². The number of aliphatic hydroxyl groups excluding tert-OH is 1. The van der Waals surface area contributed by atoms with Gasteiger partial charge in [0.2, 0.25) is 0 Å². The lowest BCUT2D eigenvalue weighted by Gasteiger charge is -2.34. The van der Waals surface area contributed by atoms with Crippen LogP contribution in [0.15, 0.2) is 36.5 Å². The van der Waals surface area contributed by atoms with Gasteiger partial charge in [-0.3, -0.25) is 9.58 Å². The first-order valence-corrected chi connectivity index (χ1v) is 8.15. The van der Waals surface area contributed by atoms with E-state index in [-0.39, 0.29) is 12.6 Å². The van der Waals surface area contributed by atoms with E-state index in [2.05, 4.69) is 15.3 Å². The number of piperazine rings is 1. The molecule has 1 aliphatic heterocycles. The lowest BCUT2D eigenvalue weighted by Crippen LogP contribution is -2.50. The second-order valence-corrected chi connectivity index (χ2v) is 5.91. The number of carbonyl (C=O) groups excluding carboxylic acids is 1. The van der Waals surface area contributed by atoms with Crippen LogP contribution >= 0.6 is 0 Å². The van der Waals surface area contributed by atoms with E-state index in [1.54, 1.807) is 9.58 Å². The predicted octanol–water partition coefficient (Wildman–Crippen LogP) is 1.23. The Balaban J connectivity index is 1.67. The zero-order valence-electron chi connectivity index (χ0n) is 13.9. The lowest BCUT2D eigenvalue weighted by molar-refractivity contribution is 0.127. The maximum atomic E-state index is 12.5. The average molecular weight is 329 g/mol. The van der Waals surface area contributed by atoms with E-state index in [0.29, 0.717) is 25.3 Å². The second-order valence-electron chi connectivity index (χ2n) is 5.91. The number of aromatic nitrogens is 2. The van der Waals surface area contributed by atoms with Gasteiger partial charge in [-0.05, 0) is 0 Å². The predicted molar refractivity (Wildman–Crippen MR) is 92.8 cm³/mol. The van der Waals surface area contributed by atoms with Crippen molar-refractivity contribution in [1.82, 2.24) is 19.6 Å². The molecule has 2 amide bonds. The summed E-state index contributed by atoms with van der Waals surface area (Å²) in [7, 11) is 1.84. The maximum absolute atomic E-state index is 12.5. The molecule has 0 spiro atoms. The standard InChI is InChI=1S/C17H23N5O2/c1-20-13-15(16(19-20)14-5-3-2-4-6-14)18-17(24)22-9-7-21(8-10-22)11-12-23/h2-6,13,23H,7-12H2,1H3,(H,18,24). The molecule has 1 aromatic heterocycles. The summed E-state index contributed by atoms with van der Waals surface area (Å²) in [6.07, 6.45) is 1.82. The number of nitrogens with one attached hydrogen (secondary N) is 1. The third-order valence-electron chi connectivity index (χ3n) is 4.19. The smallest absolute Gasteiger partial charge is 0.322 e. The number of benzene rings is 1. The summed E-state index contributed by atoms with van der Waals surface area (Å²) >= 11 is 0. The Morgan fingerprint density at radius 2 is 1.92 bits per heavy atom. The van der Waals surface area contributed by atoms with Crippen LogP contribution in [0.1, 0.15) is 0 Å². The summed E-state index contributed by atoms with van der Waals surface area (Å²) in [6, 6.07) is 9.71. The third kappa shape index (κ3) is 3.74. The highest BCUT2D eigenvalue weighted by Crippen LogP contribution is 2.26. The fourth-order valence-corrected chi connectivity index (χ4v) is 2.90. The monoisotopic (exact) mass is 329 g/mol. The highest BCUT2D eigenvalue weighted by atomic mass is 16.3. The van der Waals surface area contributed by atoms with Crippen molar-refractivity contribution < 1.29 is 9.90 Å². The van der Waals surface area contributed by atoms with Crippen molar-refractivity contribution in [3.8, 4) is 11.3 Å². The summed E-state index contributed by atoms with van der Waals surface area (Å²) in [5, 5.41) is 16.4. The Kier molecular flexibility index (Phi) is 5.12. The van der Waals surface area contributed by atoms with Gasteiger partial charge in [-0.15, -0.1) is 0 Å². The van der Waals surface area contributed by atoms with Crippen LogP contribution < -0.4 is 5.32 Å². The van der Waals surface area contributed by atoms with Gasteiger partial charge >= 0.3 is 6.03 Å². The number of anilines is 1. The van der Waals surface area contributed by atoms with Crippen molar-refractivity contribution in [2.75, 3.05) is 44.6 Å². The van der Waals surface area contributed by atoms with Gasteiger partial charge in [-0.1, -0.05) is 30.3 Å². The van der Waals surface area contributed by atoms with Gasteiger partial charge in [0.1, 0.15) is 5.69 Å². The molecule has 1 saturated heterocycles. The summed E-state index contributed by atoms with van der Waals surface area (Å²) < 4.78 is 1.71. The maximum Gasteiger partial charge on any atom is 0.322 e. The van der Waals surface area contributed by atoms with Crippen molar-refractivity contribution in [3.63, 3.8) is 0 Å². The van der Waals surface area contributed by atoms with Crippen molar-refractivity contribution in [1.29, 1.82) is 0 Å². The normalized spacial score (nSPS) is 15.5. The van der Waals surface area contributed by atoms with Crippen LogP contribution in [0, 0.1) is 0 Å². The number of aliphatic hydroxyl groups is 1. The minimum absolute atomic E-state index is 0.108. The fraction of sp³-hybridized carbons (Fsp3) is 0.412. The topological polar surface area (TPSA) is 73.6 Å². The number of hydrogen-bond donors (Lipinski definition) is 2. The molecule has 2 aromatic rings. The molecule has 3 rings (SSSR count). The molecule has 1 aromatic carbocycles. The lowest BCUT2D eigenvalue weighted by atomic mass is 10.1. The van der Waals surface area contributed by atoms with Gasteiger partial charge in [0, 0.05) is 51.5 Å². The van der Waals surface area contributed by atoms with Crippen LogP contribution in [0.25, 0.3) is 11.3 Å². The highest BCUT2D eigenvalue weighted by molar-refractivity contribution is 5.93. The average Bonchev–Trinajstić information content (AvgIpc) is 2.97. The first kappa shape index (κ1) is 16.5. The minimum atomic E-state index is -0.108. The van der Waals surface area contributed by atoms with E-state index >= 15 is 0 Å². The van der Waals surface area contributed by atoms with E-state index in [1.165, 1.54) is 0 Å². The van der Waals surface area contributed by atoms with E-state index in [0.717, 1.165) is 24.3 Å². The summed E-state index contributed by atoms with van der Waals surface area (Å²) in [5.74, 6) is 0. The van der Waals surface area contributed by atoms with Crippen molar-refractivity contribution in [2.24, 2.45) is 7.05 Å². The van der Waals surface area contributed by atoms with Crippen LogP contribution in [0.5, 0.6) is 0 Å². The largest absolute Gasteiger partial charge is 0.395 e. The molecule has 2 heterocycles. The first-order chi connectivity index (χ1) is 11.7. The second kappa shape index (κ2) is 7.46. The quantitative estimate of drug-likeness (QED) is 0.885. The number of carbonyl (C=O) groups is 1. The third-order valence-corrected chi connectivity index (χ3v) is 4.19. The van der Waals surface area contributed by atoms with Gasteiger partial charge in [-0.2, -0.15) is 5.10 Å². The highest BCUT2D eigenvalue weighted by Gasteiger charge is 2.22. The molecule has 0 saturated carbocycles. The molecular formula is C17H23N5O2. The summed E-state index contributed by atoms with van der Waals surface area (Å²) in [6.45, 7) is 3.71. The Morgan fingerprint density at radius 3 is 2.58 bits per heavy atom. The number of β-amino-alcohol motifs (C(OH)–C–C–N with tert-alkyl or cyclic N) is 1. The Hall–Kier alpha value is -2.38. The molecule has 0 bridgehead atoms. The number of rotatable bonds is 4. The van der Waals surface area contributed by atoms with Gasteiger partial charge in [0.05, 0.1) is 12.3 Å². The fourth-order valence-electron chi connectivity index (χ4n) is 2.90. The molecule has 0 aliphatic carbocycles. The number of hydrogen-bond acceptors (Lipinski definition) is 4. The number of amides is 2. The van der Waals surface area contributed by atoms with Gasteiger partial charge in [-0.25, -0.2) is 4.79 Å². The van der Waals surface area contributed by atoms with E-state index in [4.69, 9.17) is 5.11 Å². The molecule has 24 heavy (non-hydrogen) atoms. The molecule has 0 unspecified atom stereocenters. The minimum Gasteiger partial charge on any atom is -0.395 e. The van der Waals surface area contributed by atoms with Crippen LogP contribution in [0.2, 0.25) is 0 Å². The Bertz CT molecular complexity index is 678. The molecule has 0 atom stereocenters. The zero-order chi connectivity index (χ0) is 16.9. The number of urea groups is 1. The van der Waals surface area contributed by atoms with Crippen molar-refractivity contribution in [2.45, 2.75) is 0 Å². The Labute approximate surface area is 141 Å². The number of aryl methyl sites for hydroxylation is 1. The Morgan fingerprint density at radius 1 is 1.21 bits per heavy atom.